The van der Waals surface area contributed by atoms with Gasteiger partial charge < -0.3 is 4.79 Å². The molecule has 1 aromatic heterocycles. The van der Waals surface area contributed by atoms with E-state index in [-0.39, 0.29) is 5.92 Å². The molecule has 0 saturated carbocycles. The van der Waals surface area contributed by atoms with E-state index in [2.05, 4.69) is 20.9 Å². The number of carbonyl (C=O) groups excluding carboxylic acids is 1. The van der Waals surface area contributed by atoms with Crippen LogP contribution in [0.4, 0.5) is 0 Å². The number of halogens is 1. The maximum atomic E-state index is 10.6. The number of aldehydes is 1. The molecule has 1 atom stereocenters. The van der Waals surface area contributed by atoms with Crippen molar-refractivity contribution in [2.75, 3.05) is 5.33 Å². The highest BCUT2D eigenvalue weighted by Gasteiger charge is 2.11. The molecule has 0 aliphatic heterocycles. The lowest BCUT2D eigenvalue weighted by molar-refractivity contribution is -0.108. The van der Waals surface area contributed by atoms with E-state index in [0.29, 0.717) is 5.33 Å². The topological polar surface area (TPSA) is 30.0 Å². The molecule has 64 valence electrons. The van der Waals surface area contributed by atoms with Gasteiger partial charge in [0.15, 0.2) is 0 Å². The normalized spacial score (nSPS) is 12.5. The predicted octanol–water partition coefficient (Wildman–Crippen LogP) is 2.07. The molecule has 2 nitrogen and oxygen atoms in total. The largest absolute Gasteiger partial charge is 0.303 e. The molecule has 1 rings (SSSR count). The van der Waals surface area contributed by atoms with Crippen LogP contribution >= 0.6 is 15.9 Å². The Kier molecular flexibility index (Phi) is 3.41. The standard InChI is InChI=1S/C9H10BrNO/c1-7-3-2-4-11-9(7)8(5-10)6-12/h2-4,6,8H,5H2,1H3. The van der Waals surface area contributed by atoms with Gasteiger partial charge in [0.1, 0.15) is 6.29 Å². The molecule has 0 aliphatic carbocycles. The quantitative estimate of drug-likeness (QED) is 0.585. The number of aromatic nitrogens is 1. The molecule has 0 amide bonds. The average molecular weight is 228 g/mol. The number of hydrogen-bond acceptors (Lipinski definition) is 2. The summed E-state index contributed by atoms with van der Waals surface area (Å²) in [5.41, 5.74) is 1.93. The van der Waals surface area contributed by atoms with Crippen molar-refractivity contribution in [3.8, 4) is 0 Å². The van der Waals surface area contributed by atoms with Gasteiger partial charge in [-0.2, -0.15) is 0 Å². The zero-order valence-electron chi connectivity index (χ0n) is 6.83. The Labute approximate surface area is 80.1 Å². The van der Waals surface area contributed by atoms with Crippen LogP contribution in [0, 0.1) is 6.92 Å². The lowest BCUT2D eigenvalue weighted by atomic mass is 10.0. The van der Waals surface area contributed by atoms with Crippen LogP contribution in [0.1, 0.15) is 17.2 Å². The highest BCUT2D eigenvalue weighted by atomic mass is 79.9. The summed E-state index contributed by atoms with van der Waals surface area (Å²) in [5.74, 6) is -0.119. The predicted molar refractivity (Wildman–Crippen MR) is 51.6 cm³/mol. The van der Waals surface area contributed by atoms with Gasteiger partial charge in [-0.05, 0) is 18.6 Å². The third kappa shape index (κ3) is 1.91. The van der Waals surface area contributed by atoms with Crippen molar-refractivity contribution < 1.29 is 4.79 Å². The van der Waals surface area contributed by atoms with E-state index in [1.807, 2.05) is 19.1 Å². The fraction of sp³-hybridized carbons (Fsp3) is 0.333. The SMILES string of the molecule is Cc1cccnc1C(C=O)CBr. The van der Waals surface area contributed by atoms with Gasteiger partial charge in [-0.1, -0.05) is 22.0 Å². The van der Waals surface area contributed by atoms with Crippen molar-refractivity contribution in [3.05, 3.63) is 29.6 Å². The Bertz CT molecular complexity index is 275. The van der Waals surface area contributed by atoms with E-state index in [9.17, 15) is 4.79 Å². The Morgan fingerprint density at radius 3 is 3.00 bits per heavy atom. The molecule has 1 heterocycles. The first-order valence-corrected chi connectivity index (χ1v) is 4.84. The Balaban J connectivity index is 3.00. The summed E-state index contributed by atoms with van der Waals surface area (Å²) in [5, 5.41) is 0.633. The van der Waals surface area contributed by atoms with Gasteiger partial charge in [-0.15, -0.1) is 0 Å². The molecule has 0 aromatic carbocycles. The third-order valence-corrected chi connectivity index (χ3v) is 2.43. The number of hydrogen-bond donors (Lipinski definition) is 0. The lowest BCUT2D eigenvalue weighted by Gasteiger charge is -2.07. The molecule has 0 bridgehead atoms. The fourth-order valence-corrected chi connectivity index (χ4v) is 1.52. The summed E-state index contributed by atoms with van der Waals surface area (Å²) in [6.07, 6.45) is 2.63. The Morgan fingerprint density at radius 1 is 1.75 bits per heavy atom. The number of aryl methyl sites for hydroxylation is 1. The van der Waals surface area contributed by atoms with Crippen LogP contribution in [0.2, 0.25) is 0 Å². The zero-order valence-corrected chi connectivity index (χ0v) is 8.41. The van der Waals surface area contributed by atoms with Gasteiger partial charge in [0.25, 0.3) is 0 Å². The van der Waals surface area contributed by atoms with Gasteiger partial charge in [0.05, 0.1) is 11.6 Å². The van der Waals surface area contributed by atoms with E-state index in [1.54, 1.807) is 6.20 Å². The van der Waals surface area contributed by atoms with Gasteiger partial charge in [0.2, 0.25) is 0 Å². The first-order chi connectivity index (χ1) is 5.79. The molecule has 0 aliphatic rings. The molecule has 0 saturated heterocycles. The van der Waals surface area contributed by atoms with Crippen molar-refractivity contribution in [2.45, 2.75) is 12.8 Å². The second-order valence-corrected chi connectivity index (χ2v) is 3.25. The minimum Gasteiger partial charge on any atom is -0.303 e. The number of rotatable bonds is 3. The van der Waals surface area contributed by atoms with Crippen molar-refractivity contribution in [1.29, 1.82) is 0 Å². The van der Waals surface area contributed by atoms with Gasteiger partial charge in [-0.3, -0.25) is 4.98 Å². The molecular weight excluding hydrogens is 218 g/mol. The van der Waals surface area contributed by atoms with Crippen LogP contribution in [-0.2, 0) is 4.79 Å². The average Bonchev–Trinajstić information content (AvgIpc) is 2.10. The van der Waals surface area contributed by atoms with Crippen LogP contribution in [0.5, 0.6) is 0 Å². The first kappa shape index (κ1) is 9.39. The molecule has 0 spiro atoms. The van der Waals surface area contributed by atoms with Crippen LogP contribution < -0.4 is 0 Å². The van der Waals surface area contributed by atoms with E-state index >= 15 is 0 Å². The maximum Gasteiger partial charge on any atom is 0.129 e. The molecule has 12 heavy (non-hydrogen) atoms. The summed E-state index contributed by atoms with van der Waals surface area (Å²) < 4.78 is 0. The van der Waals surface area contributed by atoms with Crippen LogP contribution in [0.25, 0.3) is 0 Å². The second kappa shape index (κ2) is 4.36. The lowest BCUT2D eigenvalue weighted by Crippen LogP contribution is -2.05. The number of pyridine rings is 1. The molecule has 0 radical (unpaired) electrons. The van der Waals surface area contributed by atoms with Crippen molar-refractivity contribution in [3.63, 3.8) is 0 Å². The summed E-state index contributed by atoms with van der Waals surface area (Å²) in [6.45, 7) is 1.96. The third-order valence-electron chi connectivity index (χ3n) is 1.73. The second-order valence-electron chi connectivity index (χ2n) is 2.60. The molecule has 1 aromatic rings. The van der Waals surface area contributed by atoms with E-state index in [1.165, 1.54) is 0 Å². The Morgan fingerprint density at radius 2 is 2.50 bits per heavy atom. The summed E-state index contributed by atoms with van der Waals surface area (Å²) in [6, 6.07) is 3.83. The molecule has 3 heteroatoms. The van der Waals surface area contributed by atoms with Crippen LogP contribution in [0.15, 0.2) is 18.3 Å². The van der Waals surface area contributed by atoms with Gasteiger partial charge in [-0.25, -0.2) is 0 Å². The van der Waals surface area contributed by atoms with Crippen LogP contribution in [0.3, 0.4) is 0 Å². The minimum absolute atomic E-state index is 0.119. The summed E-state index contributed by atoms with van der Waals surface area (Å²) in [4.78, 5) is 14.8. The maximum absolute atomic E-state index is 10.6. The molecule has 1 unspecified atom stereocenters. The zero-order chi connectivity index (χ0) is 8.97. The van der Waals surface area contributed by atoms with E-state index in [4.69, 9.17) is 0 Å². The summed E-state index contributed by atoms with van der Waals surface area (Å²) in [7, 11) is 0. The molecular formula is C9H10BrNO. The minimum atomic E-state index is -0.119. The highest BCUT2D eigenvalue weighted by Crippen LogP contribution is 2.16. The monoisotopic (exact) mass is 227 g/mol. The molecule has 0 N–H and O–H groups in total. The Hall–Kier alpha value is -0.700. The summed E-state index contributed by atoms with van der Waals surface area (Å²) >= 11 is 3.28. The van der Waals surface area contributed by atoms with Crippen molar-refractivity contribution in [2.24, 2.45) is 0 Å². The van der Waals surface area contributed by atoms with Crippen molar-refractivity contribution in [1.82, 2.24) is 4.98 Å². The first-order valence-electron chi connectivity index (χ1n) is 3.72. The smallest absolute Gasteiger partial charge is 0.129 e. The number of carbonyl (C=O) groups is 1. The number of alkyl halides is 1. The number of nitrogens with zero attached hydrogens (tertiary/aromatic N) is 1. The fourth-order valence-electron chi connectivity index (χ4n) is 1.06. The van der Waals surface area contributed by atoms with Gasteiger partial charge in [0, 0.05) is 11.5 Å². The van der Waals surface area contributed by atoms with Crippen LogP contribution in [-0.4, -0.2) is 16.6 Å². The van der Waals surface area contributed by atoms with Gasteiger partial charge >= 0.3 is 0 Å². The van der Waals surface area contributed by atoms with Crippen molar-refractivity contribution >= 4 is 22.2 Å². The highest BCUT2D eigenvalue weighted by molar-refractivity contribution is 9.09. The molecule has 0 fully saturated rings. The van der Waals surface area contributed by atoms with E-state index in [0.717, 1.165) is 17.5 Å². The van der Waals surface area contributed by atoms with E-state index < -0.39 is 0 Å².